The minimum absolute atomic E-state index is 0.0197. The highest BCUT2D eigenvalue weighted by Crippen LogP contribution is 2.31. The quantitative estimate of drug-likeness (QED) is 0.321. The van der Waals surface area contributed by atoms with Crippen molar-refractivity contribution >= 4 is 12.2 Å². The fourth-order valence-electron chi connectivity index (χ4n) is 3.08. The van der Waals surface area contributed by atoms with Crippen molar-refractivity contribution in [3.05, 3.63) is 70.3 Å². The summed E-state index contributed by atoms with van der Waals surface area (Å²) in [7, 11) is 0. The van der Waals surface area contributed by atoms with Crippen LogP contribution >= 0.6 is 0 Å². The summed E-state index contributed by atoms with van der Waals surface area (Å²) in [6.07, 6.45) is 2.00. The van der Waals surface area contributed by atoms with Crippen molar-refractivity contribution in [1.82, 2.24) is 0 Å². The predicted octanol–water partition coefficient (Wildman–Crippen LogP) is 1.69. The second-order valence-electron chi connectivity index (χ2n) is 7.50. The normalized spacial score (nSPS) is 16.0. The second-order valence-corrected chi connectivity index (χ2v) is 7.50. The van der Waals surface area contributed by atoms with E-state index in [1.54, 1.807) is 24.3 Å². The van der Waals surface area contributed by atoms with Gasteiger partial charge in [-0.1, -0.05) is 42.5 Å². The molecule has 2 rings (SSSR count). The van der Waals surface area contributed by atoms with Gasteiger partial charge >= 0.3 is 0 Å². The SMILES string of the molecule is CC(O)C(O)C=Cc1cccc(O)c1Cc1ccc(O)c(CO)c1C=CC(O)C(C)O. The Hall–Kier alpha value is -2.68. The zero-order valence-electron chi connectivity index (χ0n) is 17.6. The first-order chi connectivity index (χ1) is 14.6. The van der Waals surface area contributed by atoms with E-state index in [0.29, 0.717) is 22.3 Å². The molecule has 4 unspecified atom stereocenters. The van der Waals surface area contributed by atoms with Gasteiger partial charge in [-0.3, -0.25) is 0 Å². The van der Waals surface area contributed by atoms with E-state index >= 15 is 0 Å². The molecule has 2 aromatic rings. The van der Waals surface area contributed by atoms with E-state index < -0.39 is 31.0 Å². The summed E-state index contributed by atoms with van der Waals surface area (Å²) in [4.78, 5) is 0. The molecule has 31 heavy (non-hydrogen) atoms. The molecular weight excluding hydrogens is 400 g/mol. The summed E-state index contributed by atoms with van der Waals surface area (Å²) in [6.45, 7) is 2.46. The van der Waals surface area contributed by atoms with Crippen LogP contribution in [0.25, 0.3) is 12.2 Å². The smallest absolute Gasteiger partial charge is 0.121 e. The Morgan fingerprint density at radius 3 is 1.94 bits per heavy atom. The van der Waals surface area contributed by atoms with E-state index in [9.17, 15) is 35.7 Å². The fraction of sp³-hybridized carbons (Fsp3) is 0.333. The van der Waals surface area contributed by atoms with Crippen LogP contribution in [0.3, 0.4) is 0 Å². The van der Waals surface area contributed by atoms with E-state index in [1.807, 2.05) is 0 Å². The van der Waals surface area contributed by atoms with E-state index in [-0.39, 0.29) is 23.5 Å². The van der Waals surface area contributed by atoms with E-state index in [1.165, 1.54) is 44.2 Å². The molecule has 0 aliphatic carbocycles. The van der Waals surface area contributed by atoms with Crippen LogP contribution < -0.4 is 0 Å². The molecule has 0 aliphatic rings. The summed E-state index contributed by atoms with van der Waals surface area (Å²) >= 11 is 0. The van der Waals surface area contributed by atoms with Crippen molar-refractivity contribution in [3.63, 3.8) is 0 Å². The Morgan fingerprint density at radius 2 is 1.35 bits per heavy atom. The highest BCUT2D eigenvalue weighted by Gasteiger charge is 2.16. The molecule has 0 amide bonds. The Kier molecular flexibility index (Phi) is 8.79. The molecule has 0 spiro atoms. The molecule has 0 bridgehead atoms. The van der Waals surface area contributed by atoms with Crippen LogP contribution in [0.4, 0.5) is 0 Å². The van der Waals surface area contributed by atoms with Gasteiger partial charge in [-0.25, -0.2) is 0 Å². The van der Waals surface area contributed by atoms with Crippen LogP contribution in [0.15, 0.2) is 42.5 Å². The molecule has 0 heterocycles. The number of aliphatic hydroxyl groups is 5. The molecule has 7 N–H and O–H groups in total. The lowest BCUT2D eigenvalue weighted by Gasteiger charge is -2.16. The van der Waals surface area contributed by atoms with Crippen molar-refractivity contribution < 1.29 is 35.7 Å². The first kappa shape index (κ1) is 24.6. The van der Waals surface area contributed by atoms with Gasteiger partial charge in [0.25, 0.3) is 0 Å². The Morgan fingerprint density at radius 1 is 0.774 bits per heavy atom. The van der Waals surface area contributed by atoms with Crippen LogP contribution in [-0.4, -0.2) is 60.2 Å². The Balaban J connectivity index is 2.52. The molecule has 0 saturated carbocycles. The number of phenols is 2. The lowest BCUT2D eigenvalue weighted by Crippen LogP contribution is -2.19. The molecule has 2 aromatic carbocycles. The molecular formula is C24H30O7. The summed E-state index contributed by atoms with van der Waals surface area (Å²) in [5, 5.41) is 69.1. The van der Waals surface area contributed by atoms with E-state index in [2.05, 4.69) is 0 Å². The lowest BCUT2D eigenvalue weighted by molar-refractivity contribution is 0.0624. The van der Waals surface area contributed by atoms with Gasteiger partial charge in [0.1, 0.15) is 11.5 Å². The molecule has 0 radical (unpaired) electrons. The fourth-order valence-corrected chi connectivity index (χ4v) is 3.08. The largest absolute Gasteiger partial charge is 0.508 e. The van der Waals surface area contributed by atoms with E-state index in [0.717, 1.165) is 0 Å². The maximum absolute atomic E-state index is 10.5. The topological polar surface area (TPSA) is 142 Å². The maximum Gasteiger partial charge on any atom is 0.121 e. The van der Waals surface area contributed by atoms with Crippen molar-refractivity contribution in [3.8, 4) is 11.5 Å². The molecule has 0 aliphatic heterocycles. The molecule has 4 atom stereocenters. The van der Waals surface area contributed by atoms with E-state index in [4.69, 9.17) is 0 Å². The average Bonchev–Trinajstić information content (AvgIpc) is 2.72. The minimum atomic E-state index is -1.13. The maximum atomic E-state index is 10.5. The summed E-state index contributed by atoms with van der Waals surface area (Å²) in [5.74, 6) is -0.0962. The standard InChI is InChI=1S/C24H30O7/c1-14(26)21(28)9-6-16-4-3-5-23(30)19(16)12-17-7-10-24(31)20(13-25)18(17)8-11-22(29)15(2)27/h3-11,14-15,21-22,25-31H,12-13H2,1-2H3. The first-order valence-corrected chi connectivity index (χ1v) is 9.99. The number of phenolic OH excluding ortho intramolecular Hbond substituents is 1. The Bertz CT molecular complexity index is 932. The van der Waals surface area contributed by atoms with Gasteiger partial charge in [0.2, 0.25) is 0 Å². The van der Waals surface area contributed by atoms with Crippen LogP contribution in [0.1, 0.15) is 41.7 Å². The van der Waals surface area contributed by atoms with Gasteiger partial charge in [-0.15, -0.1) is 0 Å². The van der Waals surface area contributed by atoms with Crippen LogP contribution in [0.2, 0.25) is 0 Å². The van der Waals surface area contributed by atoms with Gasteiger partial charge in [-0.05, 0) is 42.7 Å². The van der Waals surface area contributed by atoms with Crippen LogP contribution in [0.5, 0.6) is 11.5 Å². The van der Waals surface area contributed by atoms with Gasteiger partial charge in [0, 0.05) is 17.5 Å². The molecule has 168 valence electrons. The lowest BCUT2D eigenvalue weighted by atomic mass is 9.91. The highest BCUT2D eigenvalue weighted by atomic mass is 16.3. The van der Waals surface area contributed by atoms with Crippen molar-refractivity contribution in [1.29, 1.82) is 0 Å². The van der Waals surface area contributed by atoms with Crippen LogP contribution in [-0.2, 0) is 13.0 Å². The van der Waals surface area contributed by atoms with Crippen molar-refractivity contribution in [2.75, 3.05) is 0 Å². The number of hydrogen-bond donors (Lipinski definition) is 7. The average molecular weight is 430 g/mol. The zero-order chi connectivity index (χ0) is 23.1. The summed E-state index contributed by atoms with van der Waals surface area (Å²) in [5.41, 5.74) is 2.53. The zero-order valence-corrected chi connectivity index (χ0v) is 17.6. The third-order valence-electron chi connectivity index (χ3n) is 5.06. The number of aliphatic hydroxyl groups excluding tert-OH is 5. The number of aromatic hydroxyl groups is 2. The predicted molar refractivity (Wildman–Crippen MR) is 118 cm³/mol. The van der Waals surface area contributed by atoms with Crippen molar-refractivity contribution in [2.45, 2.75) is 51.3 Å². The number of hydrogen-bond acceptors (Lipinski definition) is 7. The number of rotatable bonds is 9. The van der Waals surface area contributed by atoms with Gasteiger partial charge in [-0.2, -0.15) is 0 Å². The van der Waals surface area contributed by atoms with Crippen LogP contribution in [0, 0.1) is 0 Å². The second kappa shape index (κ2) is 11.1. The molecule has 7 nitrogen and oxygen atoms in total. The summed E-state index contributed by atoms with van der Waals surface area (Å²) < 4.78 is 0. The van der Waals surface area contributed by atoms with Gasteiger partial charge < -0.3 is 35.7 Å². The van der Waals surface area contributed by atoms with Gasteiger partial charge in [0.15, 0.2) is 0 Å². The third-order valence-corrected chi connectivity index (χ3v) is 5.06. The van der Waals surface area contributed by atoms with Gasteiger partial charge in [0.05, 0.1) is 31.0 Å². The number of benzene rings is 2. The molecule has 0 fully saturated rings. The minimum Gasteiger partial charge on any atom is -0.508 e. The molecule has 7 heteroatoms. The molecule has 0 aromatic heterocycles. The summed E-state index contributed by atoms with van der Waals surface area (Å²) in [6, 6.07) is 8.02. The highest BCUT2D eigenvalue weighted by molar-refractivity contribution is 5.65. The molecule has 0 saturated heterocycles. The monoisotopic (exact) mass is 430 g/mol. The Labute approximate surface area is 181 Å². The van der Waals surface area contributed by atoms with Crippen molar-refractivity contribution in [2.24, 2.45) is 0 Å². The first-order valence-electron chi connectivity index (χ1n) is 9.99. The third kappa shape index (κ3) is 6.40.